The predicted molar refractivity (Wildman–Crippen MR) is 52.0 cm³/mol. The molecule has 0 aromatic carbocycles. The van der Waals surface area contributed by atoms with Crippen LogP contribution in [-0.4, -0.2) is 16.6 Å². The van der Waals surface area contributed by atoms with Crippen molar-refractivity contribution in [3.8, 4) is 5.88 Å². The van der Waals surface area contributed by atoms with Gasteiger partial charge in [-0.1, -0.05) is 6.08 Å². The zero-order valence-corrected chi connectivity index (χ0v) is 8.00. The van der Waals surface area contributed by atoms with Crippen LogP contribution in [-0.2, 0) is 0 Å². The molecular formula is C9H11ClN2O. The van der Waals surface area contributed by atoms with Crippen molar-refractivity contribution in [1.82, 2.24) is 9.97 Å². The Morgan fingerprint density at radius 3 is 3.15 bits per heavy atom. The number of nitrogens with zero attached hydrogens (tertiary/aromatic N) is 2. The van der Waals surface area contributed by atoms with E-state index in [4.69, 9.17) is 16.3 Å². The summed E-state index contributed by atoms with van der Waals surface area (Å²) < 4.78 is 5.31. The Kier molecular flexibility index (Phi) is 4.26. The lowest BCUT2D eigenvalue weighted by molar-refractivity contribution is 0.300. The quantitative estimate of drug-likeness (QED) is 0.414. The van der Waals surface area contributed by atoms with Crippen molar-refractivity contribution in [2.24, 2.45) is 0 Å². The van der Waals surface area contributed by atoms with E-state index in [-0.39, 0.29) is 5.28 Å². The van der Waals surface area contributed by atoms with Crippen molar-refractivity contribution < 1.29 is 4.74 Å². The minimum atomic E-state index is 0.209. The number of aromatic nitrogens is 2. The van der Waals surface area contributed by atoms with Crippen molar-refractivity contribution in [2.45, 2.75) is 12.8 Å². The van der Waals surface area contributed by atoms with Crippen LogP contribution >= 0.6 is 11.6 Å². The van der Waals surface area contributed by atoms with Gasteiger partial charge in [-0.3, -0.25) is 0 Å². The number of ether oxygens (including phenoxy) is 1. The van der Waals surface area contributed by atoms with Crippen LogP contribution in [0.4, 0.5) is 0 Å². The lowest BCUT2D eigenvalue weighted by atomic mass is 10.3. The zero-order chi connectivity index (χ0) is 9.52. The van der Waals surface area contributed by atoms with Crippen molar-refractivity contribution in [2.75, 3.05) is 6.61 Å². The number of rotatable bonds is 5. The smallest absolute Gasteiger partial charge is 0.225 e. The maximum absolute atomic E-state index is 5.57. The minimum Gasteiger partial charge on any atom is -0.478 e. The van der Waals surface area contributed by atoms with Crippen molar-refractivity contribution >= 4 is 11.6 Å². The number of halogens is 1. The molecule has 0 unspecified atom stereocenters. The standard InChI is InChI=1S/C9H11ClN2O/c1-2-3-4-7-13-8-5-6-11-9(10)12-8/h2,5-6H,1,3-4,7H2. The second kappa shape index (κ2) is 5.54. The Bertz CT molecular complexity index is 278. The van der Waals surface area contributed by atoms with Crippen LogP contribution in [0.15, 0.2) is 24.9 Å². The summed E-state index contributed by atoms with van der Waals surface area (Å²) >= 11 is 5.57. The summed E-state index contributed by atoms with van der Waals surface area (Å²) in [7, 11) is 0. The molecule has 0 aliphatic heterocycles. The van der Waals surface area contributed by atoms with Crippen molar-refractivity contribution in [3.05, 3.63) is 30.2 Å². The lowest BCUT2D eigenvalue weighted by Gasteiger charge is -2.02. The van der Waals surface area contributed by atoms with Gasteiger partial charge in [-0.05, 0) is 24.4 Å². The molecule has 0 radical (unpaired) electrons. The number of unbranched alkanes of at least 4 members (excludes halogenated alkanes) is 1. The third-order valence-electron chi connectivity index (χ3n) is 1.40. The summed E-state index contributed by atoms with van der Waals surface area (Å²) in [6.45, 7) is 4.24. The molecule has 70 valence electrons. The summed E-state index contributed by atoms with van der Waals surface area (Å²) in [5.41, 5.74) is 0. The topological polar surface area (TPSA) is 35.0 Å². The fourth-order valence-corrected chi connectivity index (χ4v) is 0.944. The lowest BCUT2D eigenvalue weighted by Crippen LogP contribution is -1.98. The second-order valence-corrected chi connectivity index (χ2v) is 2.78. The molecule has 0 atom stereocenters. The first-order valence-corrected chi connectivity index (χ1v) is 4.43. The Balaban J connectivity index is 2.32. The van der Waals surface area contributed by atoms with Gasteiger partial charge in [-0.15, -0.1) is 6.58 Å². The van der Waals surface area contributed by atoms with Crippen LogP contribution in [0.1, 0.15) is 12.8 Å². The Labute approximate surface area is 82.4 Å². The number of hydrogen-bond donors (Lipinski definition) is 0. The van der Waals surface area contributed by atoms with Gasteiger partial charge in [0.1, 0.15) is 0 Å². The number of hydrogen-bond acceptors (Lipinski definition) is 3. The highest BCUT2D eigenvalue weighted by Gasteiger charge is 1.95. The van der Waals surface area contributed by atoms with Gasteiger partial charge in [0.15, 0.2) is 0 Å². The molecule has 1 aromatic rings. The molecule has 0 amide bonds. The molecule has 0 aliphatic rings. The van der Waals surface area contributed by atoms with Gasteiger partial charge in [0.2, 0.25) is 11.2 Å². The van der Waals surface area contributed by atoms with Gasteiger partial charge in [0, 0.05) is 12.3 Å². The molecule has 1 aromatic heterocycles. The van der Waals surface area contributed by atoms with Crippen LogP contribution in [0.2, 0.25) is 5.28 Å². The molecule has 0 saturated heterocycles. The van der Waals surface area contributed by atoms with Crippen LogP contribution < -0.4 is 4.74 Å². The average Bonchev–Trinajstić information content (AvgIpc) is 2.13. The fourth-order valence-electron chi connectivity index (χ4n) is 0.804. The Morgan fingerprint density at radius 1 is 1.62 bits per heavy atom. The van der Waals surface area contributed by atoms with E-state index in [2.05, 4.69) is 16.5 Å². The summed E-state index contributed by atoms with van der Waals surface area (Å²) in [4.78, 5) is 7.62. The van der Waals surface area contributed by atoms with E-state index in [9.17, 15) is 0 Å². The number of allylic oxidation sites excluding steroid dienone is 1. The SMILES string of the molecule is C=CCCCOc1ccnc(Cl)n1. The molecule has 0 bridgehead atoms. The monoisotopic (exact) mass is 198 g/mol. The summed E-state index contributed by atoms with van der Waals surface area (Å²) in [6, 6.07) is 1.68. The largest absolute Gasteiger partial charge is 0.478 e. The van der Waals surface area contributed by atoms with E-state index in [0.29, 0.717) is 12.5 Å². The molecule has 0 fully saturated rings. The van der Waals surface area contributed by atoms with Crippen LogP contribution in [0.3, 0.4) is 0 Å². The first-order chi connectivity index (χ1) is 6.33. The summed E-state index contributed by atoms with van der Waals surface area (Å²) in [5.74, 6) is 0.518. The maximum atomic E-state index is 5.57. The molecule has 0 N–H and O–H groups in total. The first kappa shape index (κ1) is 9.99. The van der Waals surface area contributed by atoms with Crippen molar-refractivity contribution in [1.29, 1.82) is 0 Å². The Morgan fingerprint density at radius 2 is 2.46 bits per heavy atom. The molecule has 0 saturated carbocycles. The normalized spacial score (nSPS) is 9.62. The van der Waals surface area contributed by atoms with Gasteiger partial charge in [0.05, 0.1) is 6.61 Å². The molecule has 3 nitrogen and oxygen atoms in total. The van der Waals surface area contributed by atoms with Crippen LogP contribution in [0.5, 0.6) is 5.88 Å². The molecule has 13 heavy (non-hydrogen) atoms. The molecule has 1 rings (SSSR count). The van der Waals surface area contributed by atoms with E-state index in [0.717, 1.165) is 12.8 Å². The highest BCUT2D eigenvalue weighted by molar-refractivity contribution is 6.28. The third-order valence-corrected chi connectivity index (χ3v) is 1.59. The maximum Gasteiger partial charge on any atom is 0.225 e. The Hall–Kier alpha value is -1.09. The summed E-state index contributed by atoms with van der Waals surface area (Å²) in [5, 5.41) is 0.209. The van der Waals surface area contributed by atoms with Gasteiger partial charge < -0.3 is 4.74 Å². The first-order valence-electron chi connectivity index (χ1n) is 4.05. The summed E-state index contributed by atoms with van der Waals surface area (Å²) in [6.07, 6.45) is 5.30. The second-order valence-electron chi connectivity index (χ2n) is 2.44. The van der Waals surface area contributed by atoms with Gasteiger partial charge in [0.25, 0.3) is 0 Å². The molecule has 0 spiro atoms. The minimum absolute atomic E-state index is 0.209. The third kappa shape index (κ3) is 3.90. The van der Waals surface area contributed by atoms with Gasteiger partial charge in [-0.25, -0.2) is 4.98 Å². The van der Waals surface area contributed by atoms with Crippen LogP contribution in [0, 0.1) is 0 Å². The van der Waals surface area contributed by atoms with E-state index in [1.807, 2.05) is 6.08 Å². The fraction of sp³-hybridized carbons (Fsp3) is 0.333. The highest BCUT2D eigenvalue weighted by atomic mass is 35.5. The average molecular weight is 199 g/mol. The highest BCUT2D eigenvalue weighted by Crippen LogP contribution is 2.08. The van der Waals surface area contributed by atoms with Crippen molar-refractivity contribution in [3.63, 3.8) is 0 Å². The van der Waals surface area contributed by atoms with Gasteiger partial charge >= 0.3 is 0 Å². The van der Waals surface area contributed by atoms with E-state index < -0.39 is 0 Å². The zero-order valence-electron chi connectivity index (χ0n) is 7.24. The van der Waals surface area contributed by atoms with E-state index in [1.165, 1.54) is 0 Å². The molecule has 4 heteroatoms. The van der Waals surface area contributed by atoms with E-state index in [1.54, 1.807) is 12.3 Å². The molecular weight excluding hydrogens is 188 g/mol. The van der Waals surface area contributed by atoms with E-state index >= 15 is 0 Å². The predicted octanol–water partition coefficient (Wildman–Crippen LogP) is 2.48. The molecule has 0 aliphatic carbocycles. The van der Waals surface area contributed by atoms with Crippen LogP contribution in [0.25, 0.3) is 0 Å². The van der Waals surface area contributed by atoms with Gasteiger partial charge in [-0.2, -0.15) is 4.98 Å². The molecule has 1 heterocycles.